The number of aromatic carboxylic acids is 1. The molecule has 7 heteroatoms. The van der Waals surface area contributed by atoms with E-state index in [0.717, 1.165) is 12.8 Å². The number of carbonyl (C=O) groups is 1. The zero-order valence-electron chi connectivity index (χ0n) is 11.6. The van der Waals surface area contributed by atoms with Crippen molar-refractivity contribution < 1.29 is 24.1 Å². The predicted octanol–water partition coefficient (Wildman–Crippen LogP) is 1.08. The number of halogens is 1. The van der Waals surface area contributed by atoms with Gasteiger partial charge in [-0.1, -0.05) is 0 Å². The fourth-order valence-corrected chi connectivity index (χ4v) is 2.55. The Labute approximate surface area is 121 Å². The lowest BCUT2D eigenvalue weighted by Gasteiger charge is -2.34. The van der Waals surface area contributed by atoms with Gasteiger partial charge in [0.05, 0.1) is 30.7 Å². The summed E-state index contributed by atoms with van der Waals surface area (Å²) in [6.07, 6.45) is 1.49. The molecule has 0 amide bonds. The van der Waals surface area contributed by atoms with Crippen molar-refractivity contribution in [3.05, 3.63) is 23.5 Å². The van der Waals surface area contributed by atoms with Crippen molar-refractivity contribution in [2.45, 2.75) is 18.9 Å². The number of nitrogens with zero attached hydrogens (tertiary/aromatic N) is 1. The molecule has 1 aromatic carbocycles. The molecule has 21 heavy (non-hydrogen) atoms. The molecule has 0 unspecified atom stereocenters. The molecule has 116 valence electrons. The van der Waals surface area contributed by atoms with Crippen molar-refractivity contribution >= 4 is 17.3 Å². The van der Waals surface area contributed by atoms with Gasteiger partial charge in [-0.15, -0.1) is 0 Å². The van der Waals surface area contributed by atoms with Crippen molar-refractivity contribution in [3.8, 4) is 0 Å². The van der Waals surface area contributed by atoms with Crippen LogP contribution in [0.3, 0.4) is 0 Å². The first-order valence-electron chi connectivity index (χ1n) is 6.83. The predicted molar refractivity (Wildman–Crippen MR) is 76.0 cm³/mol. The molecule has 0 aromatic heterocycles. The number of aliphatic hydroxyl groups excluding tert-OH is 1. The smallest absolute Gasteiger partial charge is 0.340 e. The number of aliphatic hydroxyl groups is 1. The van der Waals surface area contributed by atoms with E-state index in [-0.39, 0.29) is 24.0 Å². The van der Waals surface area contributed by atoms with Crippen molar-refractivity contribution in [2.75, 3.05) is 36.9 Å². The van der Waals surface area contributed by atoms with Gasteiger partial charge in [0.1, 0.15) is 11.4 Å². The number of rotatable bonds is 5. The van der Waals surface area contributed by atoms with E-state index < -0.39 is 11.8 Å². The molecule has 4 N–H and O–H groups in total. The molecule has 0 spiro atoms. The van der Waals surface area contributed by atoms with Gasteiger partial charge in [-0.3, -0.25) is 0 Å². The van der Waals surface area contributed by atoms with Crippen LogP contribution in [0.4, 0.5) is 15.8 Å². The Kier molecular flexibility index (Phi) is 4.98. The van der Waals surface area contributed by atoms with Gasteiger partial charge in [0.2, 0.25) is 0 Å². The van der Waals surface area contributed by atoms with E-state index in [4.69, 9.17) is 15.6 Å². The maximum atomic E-state index is 13.4. The first kappa shape index (κ1) is 15.5. The molecule has 0 saturated carbocycles. The summed E-state index contributed by atoms with van der Waals surface area (Å²) in [6.45, 7) is 1.48. The molecule has 0 aliphatic carbocycles. The third-order valence-electron chi connectivity index (χ3n) is 3.61. The van der Waals surface area contributed by atoms with Gasteiger partial charge >= 0.3 is 5.97 Å². The summed E-state index contributed by atoms with van der Waals surface area (Å²) in [7, 11) is 0. The first-order valence-corrected chi connectivity index (χ1v) is 6.83. The van der Waals surface area contributed by atoms with Crippen molar-refractivity contribution in [1.82, 2.24) is 0 Å². The minimum atomic E-state index is -1.24. The number of piperidine rings is 1. The molecule has 0 radical (unpaired) electrons. The van der Waals surface area contributed by atoms with Crippen LogP contribution in [0.1, 0.15) is 23.2 Å². The Morgan fingerprint density at radius 3 is 2.67 bits per heavy atom. The molecule has 1 fully saturated rings. The maximum absolute atomic E-state index is 13.4. The SMILES string of the molecule is Nc1c(F)ccc(N2CCC(OCCO)CC2)c1C(=O)O. The third kappa shape index (κ3) is 3.43. The average molecular weight is 298 g/mol. The Morgan fingerprint density at radius 1 is 1.43 bits per heavy atom. The molecular weight excluding hydrogens is 279 g/mol. The van der Waals surface area contributed by atoms with Gasteiger partial charge in [-0.2, -0.15) is 0 Å². The van der Waals surface area contributed by atoms with Gasteiger partial charge in [0.25, 0.3) is 0 Å². The van der Waals surface area contributed by atoms with Crippen molar-refractivity contribution in [2.24, 2.45) is 0 Å². The Hall–Kier alpha value is -1.86. The van der Waals surface area contributed by atoms with Gasteiger partial charge in [-0.25, -0.2) is 9.18 Å². The second-order valence-electron chi connectivity index (χ2n) is 4.94. The van der Waals surface area contributed by atoms with Crippen molar-refractivity contribution in [3.63, 3.8) is 0 Å². The van der Waals surface area contributed by atoms with E-state index in [1.807, 2.05) is 4.90 Å². The van der Waals surface area contributed by atoms with Crippen LogP contribution in [-0.4, -0.2) is 48.6 Å². The lowest BCUT2D eigenvalue weighted by molar-refractivity contribution is 0.0159. The summed E-state index contributed by atoms with van der Waals surface area (Å²) >= 11 is 0. The van der Waals surface area contributed by atoms with Gasteiger partial charge in [-0.05, 0) is 25.0 Å². The Balaban J connectivity index is 2.13. The topological polar surface area (TPSA) is 96.0 Å². The second-order valence-corrected chi connectivity index (χ2v) is 4.94. The highest BCUT2D eigenvalue weighted by molar-refractivity contribution is 6.00. The van der Waals surface area contributed by atoms with Crippen LogP contribution in [0.5, 0.6) is 0 Å². The number of ether oxygens (including phenoxy) is 1. The van der Waals surface area contributed by atoms with Crippen LogP contribution in [-0.2, 0) is 4.74 Å². The molecule has 1 aliphatic rings. The monoisotopic (exact) mass is 298 g/mol. The molecule has 1 heterocycles. The highest BCUT2D eigenvalue weighted by Crippen LogP contribution is 2.30. The highest BCUT2D eigenvalue weighted by Gasteiger charge is 2.25. The first-order chi connectivity index (χ1) is 10.0. The molecule has 0 atom stereocenters. The quantitative estimate of drug-likeness (QED) is 0.704. The molecule has 6 nitrogen and oxygen atoms in total. The standard InChI is InChI=1S/C14H19FN2O4/c15-10-1-2-11(12(13(10)16)14(19)20)17-5-3-9(4-6-17)21-8-7-18/h1-2,9,18H,3-8,16H2,(H,19,20). The average Bonchev–Trinajstić information content (AvgIpc) is 2.48. The summed E-state index contributed by atoms with van der Waals surface area (Å²) in [5.74, 6) is -1.96. The van der Waals surface area contributed by atoms with Crippen LogP contribution in [0.25, 0.3) is 0 Å². The molecular formula is C14H19FN2O4. The van der Waals surface area contributed by atoms with Crippen LogP contribution >= 0.6 is 0 Å². The van der Waals surface area contributed by atoms with Crippen LogP contribution in [0.15, 0.2) is 12.1 Å². The third-order valence-corrected chi connectivity index (χ3v) is 3.61. The number of carboxylic acids is 1. The van der Waals surface area contributed by atoms with E-state index in [0.29, 0.717) is 25.4 Å². The van der Waals surface area contributed by atoms with Gasteiger partial charge < -0.3 is 25.6 Å². The molecule has 1 aliphatic heterocycles. The number of anilines is 2. The minimum Gasteiger partial charge on any atom is -0.478 e. The maximum Gasteiger partial charge on any atom is 0.340 e. The lowest BCUT2D eigenvalue weighted by atomic mass is 10.0. The van der Waals surface area contributed by atoms with Gasteiger partial charge in [0.15, 0.2) is 0 Å². The second kappa shape index (κ2) is 6.73. The number of hydrogen-bond acceptors (Lipinski definition) is 5. The normalized spacial score (nSPS) is 16.2. The minimum absolute atomic E-state index is 0.0160. The van der Waals surface area contributed by atoms with Crippen LogP contribution < -0.4 is 10.6 Å². The van der Waals surface area contributed by atoms with E-state index in [2.05, 4.69) is 0 Å². The zero-order valence-corrected chi connectivity index (χ0v) is 11.6. The summed E-state index contributed by atoms with van der Waals surface area (Å²) in [6, 6.07) is 2.63. The number of hydrogen-bond donors (Lipinski definition) is 3. The molecule has 0 bridgehead atoms. The summed E-state index contributed by atoms with van der Waals surface area (Å²) in [5, 5.41) is 18.0. The lowest BCUT2D eigenvalue weighted by Crippen LogP contribution is -2.38. The number of nitrogen functional groups attached to an aromatic ring is 1. The van der Waals surface area contributed by atoms with E-state index in [1.54, 1.807) is 0 Å². The Morgan fingerprint density at radius 2 is 2.10 bits per heavy atom. The number of nitrogens with two attached hydrogens (primary N) is 1. The molecule has 1 aromatic rings. The van der Waals surface area contributed by atoms with E-state index in [9.17, 15) is 14.3 Å². The molecule has 1 saturated heterocycles. The van der Waals surface area contributed by atoms with E-state index in [1.165, 1.54) is 12.1 Å². The zero-order chi connectivity index (χ0) is 15.4. The van der Waals surface area contributed by atoms with Crippen LogP contribution in [0.2, 0.25) is 0 Å². The summed E-state index contributed by atoms with van der Waals surface area (Å²) in [5.41, 5.74) is 5.46. The van der Waals surface area contributed by atoms with Crippen LogP contribution in [0, 0.1) is 5.82 Å². The summed E-state index contributed by atoms with van der Waals surface area (Å²) in [4.78, 5) is 13.2. The fraction of sp³-hybridized carbons (Fsp3) is 0.500. The largest absolute Gasteiger partial charge is 0.478 e. The molecule has 2 rings (SSSR count). The Bertz CT molecular complexity index is 516. The number of carboxylic acid groups (broad SMARTS) is 1. The summed E-state index contributed by atoms with van der Waals surface area (Å²) < 4.78 is 18.9. The van der Waals surface area contributed by atoms with E-state index >= 15 is 0 Å². The highest BCUT2D eigenvalue weighted by atomic mass is 19.1. The van der Waals surface area contributed by atoms with Gasteiger partial charge in [0, 0.05) is 13.1 Å². The fourth-order valence-electron chi connectivity index (χ4n) is 2.55. The van der Waals surface area contributed by atoms with Crippen molar-refractivity contribution in [1.29, 1.82) is 0 Å². The number of benzene rings is 1.